The highest BCUT2D eigenvalue weighted by molar-refractivity contribution is 9.10. The van der Waals surface area contributed by atoms with Gasteiger partial charge in [0.15, 0.2) is 0 Å². The van der Waals surface area contributed by atoms with Crippen molar-refractivity contribution >= 4 is 27.5 Å². The van der Waals surface area contributed by atoms with Gasteiger partial charge in [0.05, 0.1) is 29.9 Å². The summed E-state index contributed by atoms with van der Waals surface area (Å²) in [5, 5.41) is 2.68. The lowest BCUT2D eigenvalue weighted by molar-refractivity contribution is 0.102. The van der Waals surface area contributed by atoms with Gasteiger partial charge in [0, 0.05) is 6.07 Å². The molecule has 0 atom stereocenters. The molecule has 0 aliphatic rings. The number of halogens is 2. The highest BCUT2D eigenvalue weighted by Crippen LogP contribution is 2.30. The molecule has 0 saturated heterocycles. The van der Waals surface area contributed by atoms with Gasteiger partial charge in [-0.25, -0.2) is 4.39 Å². The van der Waals surface area contributed by atoms with Crippen LogP contribution in [-0.4, -0.2) is 20.1 Å². The maximum absolute atomic E-state index is 13.5. The van der Waals surface area contributed by atoms with E-state index in [2.05, 4.69) is 21.2 Å². The lowest BCUT2D eigenvalue weighted by atomic mass is 10.2. The van der Waals surface area contributed by atoms with Crippen molar-refractivity contribution in [1.29, 1.82) is 0 Å². The summed E-state index contributed by atoms with van der Waals surface area (Å²) in [6, 6.07) is 9.27. The number of hydrogen-bond acceptors (Lipinski definition) is 3. The maximum atomic E-state index is 13.5. The van der Waals surface area contributed by atoms with Gasteiger partial charge < -0.3 is 14.8 Å². The molecule has 0 aliphatic heterocycles. The molecule has 4 nitrogen and oxygen atoms in total. The summed E-state index contributed by atoms with van der Waals surface area (Å²) in [4.78, 5) is 12.2. The summed E-state index contributed by atoms with van der Waals surface area (Å²) in [6.45, 7) is 0. The third-order valence-electron chi connectivity index (χ3n) is 2.85. The Balaban J connectivity index is 2.29. The first-order valence-electron chi connectivity index (χ1n) is 6.04. The van der Waals surface area contributed by atoms with Gasteiger partial charge in [0.25, 0.3) is 5.91 Å². The molecule has 1 N–H and O–H groups in total. The van der Waals surface area contributed by atoms with E-state index in [4.69, 9.17) is 9.47 Å². The fraction of sp³-hybridized carbons (Fsp3) is 0.133. The minimum atomic E-state index is -0.496. The first-order valence-corrected chi connectivity index (χ1v) is 6.83. The van der Waals surface area contributed by atoms with Crippen molar-refractivity contribution < 1.29 is 18.7 Å². The van der Waals surface area contributed by atoms with Gasteiger partial charge in [-0.3, -0.25) is 4.79 Å². The molecule has 0 bridgehead atoms. The minimum Gasteiger partial charge on any atom is -0.497 e. The fourth-order valence-corrected chi connectivity index (χ4v) is 2.21. The predicted molar refractivity (Wildman–Crippen MR) is 81.6 cm³/mol. The molecule has 0 spiro atoms. The Kier molecular flexibility index (Phi) is 4.80. The molecule has 110 valence electrons. The van der Waals surface area contributed by atoms with Crippen LogP contribution >= 0.6 is 15.9 Å². The Morgan fingerprint density at radius 3 is 2.62 bits per heavy atom. The average Bonchev–Trinajstić information content (AvgIpc) is 2.50. The van der Waals surface area contributed by atoms with Crippen LogP contribution in [0.15, 0.2) is 40.9 Å². The first kappa shape index (κ1) is 15.3. The van der Waals surface area contributed by atoms with E-state index in [1.807, 2.05) is 0 Å². The zero-order valence-corrected chi connectivity index (χ0v) is 13.0. The van der Waals surface area contributed by atoms with Crippen molar-refractivity contribution in [3.05, 3.63) is 52.3 Å². The molecule has 2 aromatic rings. The van der Waals surface area contributed by atoms with Crippen molar-refractivity contribution in [3.63, 3.8) is 0 Å². The lowest BCUT2D eigenvalue weighted by Crippen LogP contribution is -2.13. The third kappa shape index (κ3) is 3.33. The molecular formula is C15H13BrFNO3. The number of rotatable bonds is 4. The van der Waals surface area contributed by atoms with E-state index in [0.29, 0.717) is 17.2 Å². The van der Waals surface area contributed by atoms with Crippen molar-refractivity contribution in [2.45, 2.75) is 0 Å². The topological polar surface area (TPSA) is 47.6 Å². The van der Waals surface area contributed by atoms with Crippen LogP contribution < -0.4 is 14.8 Å². The van der Waals surface area contributed by atoms with E-state index in [0.717, 1.165) is 0 Å². The fourth-order valence-electron chi connectivity index (χ4n) is 1.77. The molecular weight excluding hydrogens is 341 g/mol. The highest BCUT2D eigenvalue weighted by Gasteiger charge is 2.15. The number of nitrogens with one attached hydrogen (secondary N) is 1. The molecule has 1 amide bonds. The molecule has 0 radical (unpaired) electrons. The van der Waals surface area contributed by atoms with Crippen LogP contribution in [0.4, 0.5) is 10.1 Å². The van der Waals surface area contributed by atoms with E-state index in [-0.39, 0.29) is 10.0 Å². The third-order valence-corrected chi connectivity index (χ3v) is 3.66. The summed E-state index contributed by atoms with van der Waals surface area (Å²) in [7, 11) is 3.03. The molecule has 2 rings (SSSR count). The predicted octanol–water partition coefficient (Wildman–Crippen LogP) is 3.86. The molecule has 21 heavy (non-hydrogen) atoms. The summed E-state index contributed by atoms with van der Waals surface area (Å²) in [6.07, 6.45) is 0. The van der Waals surface area contributed by atoms with Crippen LogP contribution in [-0.2, 0) is 0 Å². The van der Waals surface area contributed by atoms with Crippen LogP contribution in [0.5, 0.6) is 11.5 Å². The largest absolute Gasteiger partial charge is 0.497 e. The van der Waals surface area contributed by atoms with Crippen LogP contribution in [0, 0.1) is 5.82 Å². The molecule has 0 heterocycles. The second-order valence-electron chi connectivity index (χ2n) is 4.12. The summed E-state index contributed by atoms with van der Waals surface area (Å²) >= 11 is 3.07. The Morgan fingerprint density at radius 2 is 1.95 bits per heavy atom. The molecule has 2 aromatic carbocycles. The average molecular weight is 354 g/mol. The second kappa shape index (κ2) is 6.58. The summed E-state index contributed by atoms with van der Waals surface area (Å²) in [5.74, 6) is 0.126. The van der Waals surface area contributed by atoms with Crippen LogP contribution in [0.1, 0.15) is 10.4 Å². The van der Waals surface area contributed by atoms with Crippen LogP contribution in [0.3, 0.4) is 0 Å². The quantitative estimate of drug-likeness (QED) is 0.907. The van der Waals surface area contributed by atoms with Gasteiger partial charge in [-0.2, -0.15) is 0 Å². The zero-order valence-electron chi connectivity index (χ0n) is 11.4. The molecule has 0 aliphatic carbocycles. The van der Waals surface area contributed by atoms with Crippen molar-refractivity contribution in [2.75, 3.05) is 19.5 Å². The van der Waals surface area contributed by atoms with E-state index >= 15 is 0 Å². The van der Waals surface area contributed by atoms with E-state index < -0.39 is 11.7 Å². The van der Waals surface area contributed by atoms with Gasteiger partial charge in [-0.15, -0.1) is 0 Å². The Morgan fingerprint density at radius 1 is 1.19 bits per heavy atom. The molecule has 6 heteroatoms. The van der Waals surface area contributed by atoms with Crippen LogP contribution in [0.2, 0.25) is 0 Å². The zero-order chi connectivity index (χ0) is 15.4. The minimum absolute atomic E-state index is 0.120. The monoisotopic (exact) mass is 353 g/mol. The van der Waals surface area contributed by atoms with Gasteiger partial charge in [-0.05, 0) is 40.2 Å². The number of methoxy groups -OCH3 is 2. The molecule has 0 saturated carbocycles. The standard InChI is InChI=1S/C15H13BrFNO3/c1-20-9-6-7-12(13(8-9)21-2)18-15(19)10-4-3-5-11(17)14(10)16/h3-8H,1-2H3,(H,18,19). The first-order chi connectivity index (χ1) is 10.1. The molecule has 0 unspecified atom stereocenters. The summed E-state index contributed by atoms with van der Waals surface area (Å²) < 4.78 is 23.9. The number of amides is 1. The number of carbonyl (C=O) groups is 1. The maximum Gasteiger partial charge on any atom is 0.257 e. The molecule has 0 fully saturated rings. The SMILES string of the molecule is COc1ccc(NC(=O)c2cccc(F)c2Br)c(OC)c1. The van der Waals surface area contributed by atoms with E-state index in [9.17, 15) is 9.18 Å². The van der Waals surface area contributed by atoms with Crippen LogP contribution in [0.25, 0.3) is 0 Å². The smallest absolute Gasteiger partial charge is 0.257 e. The van der Waals surface area contributed by atoms with Gasteiger partial charge >= 0.3 is 0 Å². The van der Waals surface area contributed by atoms with Crippen molar-refractivity contribution in [3.8, 4) is 11.5 Å². The normalized spacial score (nSPS) is 10.1. The number of ether oxygens (including phenoxy) is 2. The second-order valence-corrected chi connectivity index (χ2v) is 4.91. The summed E-state index contributed by atoms with van der Waals surface area (Å²) in [5.41, 5.74) is 0.673. The van der Waals surface area contributed by atoms with Gasteiger partial charge in [0.1, 0.15) is 17.3 Å². The Hall–Kier alpha value is -2.08. The number of anilines is 1. The van der Waals surface area contributed by atoms with Gasteiger partial charge in [0.2, 0.25) is 0 Å². The number of benzene rings is 2. The highest BCUT2D eigenvalue weighted by atomic mass is 79.9. The van der Waals surface area contributed by atoms with Crippen molar-refractivity contribution in [2.24, 2.45) is 0 Å². The Bertz CT molecular complexity index is 676. The van der Waals surface area contributed by atoms with E-state index in [1.54, 1.807) is 18.2 Å². The number of hydrogen-bond donors (Lipinski definition) is 1. The Labute approximate surface area is 130 Å². The van der Waals surface area contributed by atoms with Crippen molar-refractivity contribution in [1.82, 2.24) is 0 Å². The lowest BCUT2D eigenvalue weighted by Gasteiger charge is -2.12. The number of carbonyl (C=O) groups excluding carboxylic acids is 1. The molecule has 0 aromatic heterocycles. The van der Waals surface area contributed by atoms with E-state index in [1.165, 1.54) is 32.4 Å². The van der Waals surface area contributed by atoms with Gasteiger partial charge in [-0.1, -0.05) is 6.07 Å².